The van der Waals surface area contributed by atoms with Crippen molar-refractivity contribution in [3.05, 3.63) is 23.7 Å². The third-order valence-electron chi connectivity index (χ3n) is 3.89. The molecule has 2 unspecified atom stereocenters. The summed E-state index contributed by atoms with van der Waals surface area (Å²) in [5.74, 6) is 0.614. The second-order valence-electron chi connectivity index (χ2n) is 6.19. The summed E-state index contributed by atoms with van der Waals surface area (Å²) in [5, 5.41) is 3.58. The largest absolute Gasteiger partial charge is 0.463 e. The summed E-state index contributed by atoms with van der Waals surface area (Å²) >= 11 is 0. The quantitative estimate of drug-likeness (QED) is 0.849. The van der Waals surface area contributed by atoms with Crippen molar-refractivity contribution < 1.29 is 13.9 Å². The predicted octanol–water partition coefficient (Wildman–Crippen LogP) is 3.30. The van der Waals surface area contributed by atoms with E-state index in [1.807, 2.05) is 6.07 Å². The number of furan rings is 1. The van der Waals surface area contributed by atoms with Gasteiger partial charge in [-0.15, -0.1) is 0 Å². The maximum atomic E-state index is 11.3. The highest BCUT2D eigenvalue weighted by Gasteiger charge is 2.31. The van der Waals surface area contributed by atoms with Gasteiger partial charge in [0.1, 0.15) is 5.76 Å². The normalized spacial score (nSPS) is 23.3. The highest BCUT2D eigenvalue weighted by atomic mass is 16.5. The smallest absolute Gasteiger partial charge is 0.373 e. The van der Waals surface area contributed by atoms with Gasteiger partial charge < -0.3 is 14.5 Å². The lowest BCUT2D eigenvalue weighted by atomic mass is 9.92. The van der Waals surface area contributed by atoms with Crippen molar-refractivity contribution in [1.82, 2.24) is 5.32 Å². The number of rotatable bonds is 4. The molecule has 0 saturated heterocycles. The number of methoxy groups -OCH3 is 1. The monoisotopic (exact) mass is 265 g/mol. The Labute approximate surface area is 114 Å². The summed E-state index contributed by atoms with van der Waals surface area (Å²) in [7, 11) is 1.35. The molecule has 1 heterocycles. The maximum absolute atomic E-state index is 11.3. The molecule has 2 rings (SSSR count). The first-order valence-corrected chi connectivity index (χ1v) is 6.85. The number of ether oxygens (including phenoxy) is 1. The van der Waals surface area contributed by atoms with Crippen molar-refractivity contribution in [2.24, 2.45) is 5.41 Å². The van der Waals surface area contributed by atoms with Crippen LogP contribution < -0.4 is 5.32 Å². The van der Waals surface area contributed by atoms with Crippen LogP contribution in [0.2, 0.25) is 0 Å². The predicted molar refractivity (Wildman–Crippen MR) is 73.0 cm³/mol. The zero-order valence-corrected chi connectivity index (χ0v) is 12.2. The number of carbonyl (C=O) groups is 1. The lowest BCUT2D eigenvalue weighted by Crippen LogP contribution is -2.29. The number of esters is 1. The molecule has 1 aromatic rings. The Morgan fingerprint density at radius 3 is 2.84 bits per heavy atom. The van der Waals surface area contributed by atoms with Gasteiger partial charge in [0, 0.05) is 6.04 Å². The fourth-order valence-corrected chi connectivity index (χ4v) is 2.81. The molecule has 1 aromatic heterocycles. The molecule has 106 valence electrons. The van der Waals surface area contributed by atoms with Crippen molar-refractivity contribution in [2.45, 2.75) is 52.1 Å². The Balaban J connectivity index is 1.95. The molecule has 0 aromatic carbocycles. The molecular weight excluding hydrogens is 242 g/mol. The summed E-state index contributed by atoms with van der Waals surface area (Å²) in [6.07, 6.45) is 3.63. The molecule has 1 saturated carbocycles. The molecule has 4 nitrogen and oxygen atoms in total. The van der Waals surface area contributed by atoms with E-state index >= 15 is 0 Å². The topological polar surface area (TPSA) is 51.5 Å². The van der Waals surface area contributed by atoms with Gasteiger partial charge in [0.05, 0.1) is 13.2 Å². The van der Waals surface area contributed by atoms with Crippen LogP contribution in [-0.4, -0.2) is 19.1 Å². The van der Waals surface area contributed by atoms with E-state index in [1.54, 1.807) is 6.07 Å². The zero-order valence-electron chi connectivity index (χ0n) is 12.2. The van der Waals surface area contributed by atoms with E-state index in [1.165, 1.54) is 26.4 Å². The number of nitrogens with one attached hydrogen (secondary N) is 1. The molecule has 1 fully saturated rings. The van der Waals surface area contributed by atoms with Crippen molar-refractivity contribution in [2.75, 3.05) is 7.11 Å². The average Bonchev–Trinajstić information content (AvgIpc) is 2.95. The number of hydrogen-bond acceptors (Lipinski definition) is 4. The lowest BCUT2D eigenvalue weighted by Gasteiger charge is -2.20. The van der Waals surface area contributed by atoms with Crippen molar-refractivity contribution >= 4 is 5.97 Å². The molecule has 4 heteroatoms. The van der Waals surface area contributed by atoms with Crippen LogP contribution in [0.5, 0.6) is 0 Å². The van der Waals surface area contributed by atoms with E-state index in [0.717, 1.165) is 5.76 Å². The van der Waals surface area contributed by atoms with E-state index in [2.05, 4.69) is 30.8 Å². The molecule has 1 aliphatic carbocycles. The van der Waals surface area contributed by atoms with Crippen LogP contribution in [0.4, 0.5) is 0 Å². The maximum Gasteiger partial charge on any atom is 0.373 e. The van der Waals surface area contributed by atoms with E-state index < -0.39 is 5.97 Å². The SMILES string of the molecule is COC(=O)c1ccc(C(C)NC2CCC(C)(C)C2)o1. The van der Waals surface area contributed by atoms with Gasteiger partial charge in [-0.25, -0.2) is 4.79 Å². The first kappa shape index (κ1) is 14.1. The van der Waals surface area contributed by atoms with Gasteiger partial charge in [-0.2, -0.15) is 0 Å². The Kier molecular flexibility index (Phi) is 3.99. The summed E-state index contributed by atoms with van der Waals surface area (Å²) in [4.78, 5) is 11.3. The molecule has 1 N–H and O–H groups in total. The highest BCUT2D eigenvalue weighted by molar-refractivity contribution is 5.86. The Morgan fingerprint density at radius 1 is 1.53 bits per heavy atom. The summed E-state index contributed by atoms with van der Waals surface area (Å²) in [5.41, 5.74) is 0.428. The Morgan fingerprint density at radius 2 is 2.26 bits per heavy atom. The van der Waals surface area contributed by atoms with E-state index in [0.29, 0.717) is 11.5 Å². The van der Waals surface area contributed by atoms with Crippen molar-refractivity contribution in [1.29, 1.82) is 0 Å². The van der Waals surface area contributed by atoms with Crippen LogP contribution in [0.3, 0.4) is 0 Å². The van der Waals surface area contributed by atoms with Gasteiger partial charge in [-0.05, 0) is 43.7 Å². The summed E-state index contributed by atoms with van der Waals surface area (Å²) < 4.78 is 10.2. The third-order valence-corrected chi connectivity index (χ3v) is 3.89. The molecule has 2 atom stereocenters. The Hall–Kier alpha value is -1.29. The Bertz CT molecular complexity index is 450. The molecule has 0 aliphatic heterocycles. The van der Waals surface area contributed by atoms with Crippen LogP contribution in [0.25, 0.3) is 0 Å². The summed E-state index contributed by atoms with van der Waals surface area (Å²) in [6.45, 7) is 6.68. The van der Waals surface area contributed by atoms with Crippen LogP contribution in [0.15, 0.2) is 16.5 Å². The second kappa shape index (κ2) is 5.37. The van der Waals surface area contributed by atoms with Gasteiger partial charge >= 0.3 is 5.97 Å². The van der Waals surface area contributed by atoms with Gasteiger partial charge in [0.25, 0.3) is 0 Å². The second-order valence-corrected chi connectivity index (χ2v) is 6.19. The molecular formula is C15H23NO3. The minimum atomic E-state index is -0.430. The zero-order chi connectivity index (χ0) is 14.0. The summed E-state index contributed by atoms with van der Waals surface area (Å²) in [6, 6.07) is 4.14. The molecule has 0 bridgehead atoms. The van der Waals surface area contributed by atoms with E-state index in [4.69, 9.17) is 4.42 Å². The fraction of sp³-hybridized carbons (Fsp3) is 0.667. The molecule has 0 amide bonds. The van der Waals surface area contributed by atoms with Crippen molar-refractivity contribution in [3.8, 4) is 0 Å². The van der Waals surface area contributed by atoms with Gasteiger partial charge in [0.15, 0.2) is 0 Å². The molecule has 19 heavy (non-hydrogen) atoms. The number of hydrogen-bond donors (Lipinski definition) is 1. The molecule has 1 aliphatic rings. The molecule has 0 spiro atoms. The van der Waals surface area contributed by atoms with Gasteiger partial charge in [-0.1, -0.05) is 13.8 Å². The third kappa shape index (κ3) is 3.38. The minimum Gasteiger partial charge on any atom is -0.463 e. The van der Waals surface area contributed by atoms with E-state index in [-0.39, 0.29) is 11.8 Å². The fourth-order valence-electron chi connectivity index (χ4n) is 2.81. The van der Waals surface area contributed by atoms with Crippen LogP contribution in [-0.2, 0) is 4.74 Å². The number of carbonyl (C=O) groups excluding carboxylic acids is 1. The van der Waals surface area contributed by atoms with Gasteiger partial charge in [-0.3, -0.25) is 0 Å². The lowest BCUT2D eigenvalue weighted by molar-refractivity contribution is 0.0562. The minimum absolute atomic E-state index is 0.109. The average molecular weight is 265 g/mol. The van der Waals surface area contributed by atoms with E-state index in [9.17, 15) is 4.79 Å². The van der Waals surface area contributed by atoms with Gasteiger partial charge in [0.2, 0.25) is 5.76 Å². The van der Waals surface area contributed by atoms with Crippen molar-refractivity contribution in [3.63, 3.8) is 0 Å². The first-order chi connectivity index (χ1) is 8.91. The van der Waals surface area contributed by atoms with Crippen LogP contribution >= 0.6 is 0 Å². The highest BCUT2D eigenvalue weighted by Crippen LogP contribution is 2.37. The first-order valence-electron chi connectivity index (χ1n) is 6.85. The van der Waals surface area contributed by atoms with Crippen LogP contribution in [0, 0.1) is 5.41 Å². The molecule has 0 radical (unpaired) electrons. The van der Waals surface area contributed by atoms with Crippen LogP contribution in [0.1, 0.15) is 62.4 Å². The standard InChI is InChI=1S/C15H23NO3/c1-10(16-11-7-8-15(2,3)9-11)12-5-6-13(19-12)14(17)18-4/h5-6,10-11,16H,7-9H2,1-4H3.